The third-order valence-corrected chi connectivity index (χ3v) is 4.69. The molecule has 33 heavy (non-hydrogen) atoms. The van der Waals surface area contributed by atoms with Crippen LogP contribution in [0, 0.1) is 40.4 Å². The number of ether oxygens (including phenoxy) is 1. The molecule has 3 rings (SSSR count). The highest BCUT2D eigenvalue weighted by Gasteiger charge is 2.43. The molecule has 0 saturated carbocycles. The monoisotopic (exact) mass is 468 g/mol. The molecular weight excluding hydrogens is 455 g/mol. The van der Waals surface area contributed by atoms with E-state index in [1.54, 1.807) is 0 Å². The number of nitriles is 1. The van der Waals surface area contributed by atoms with Crippen molar-refractivity contribution in [2.24, 2.45) is 0 Å². The van der Waals surface area contributed by atoms with E-state index in [-0.39, 0.29) is 18.2 Å². The molecule has 0 spiro atoms. The molecule has 0 aliphatic carbocycles. The fraction of sp³-hybridized carbons (Fsp3) is 0.174. The number of rotatable bonds is 6. The van der Waals surface area contributed by atoms with Gasteiger partial charge in [0.15, 0.2) is 11.6 Å². The minimum absolute atomic E-state index is 0.0321. The van der Waals surface area contributed by atoms with E-state index in [0.29, 0.717) is 18.4 Å². The molecule has 0 N–H and O–H groups in total. The predicted octanol–water partition coefficient (Wildman–Crippen LogP) is 7.15. The first-order valence-corrected chi connectivity index (χ1v) is 9.44. The van der Waals surface area contributed by atoms with E-state index < -0.39 is 68.9 Å². The number of hydrogen-bond donors (Lipinski definition) is 0. The minimum Gasteiger partial charge on any atom is -0.429 e. The van der Waals surface area contributed by atoms with E-state index in [1.807, 2.05) is 6.92 Å². The normalized spacial score (nSPS) is 11.4. The van der Waals surface area contributed by atoms with Gasteiger partial charge in [-0.1, -0.05) is 25.5 Å². The van der Waals surface area contributed by atoms with Gasteiger partial charge in [-0.25, -0.2) is 22.0 Å². The fourth-order valence-corrected chi connectivity index (χ4v) is 3.24. The van der Waals surface area contributed by atoms with Crippen LogP contribution < -0.4 is 4.74 Å². The summed E-state index contributed by atoms with van der Waals surface area (Å²) in [5, 5.41) is 20.8. The van der Waals surface area contributed by atoms with Gasteiger partial charge < -0.3 is 4.74 Å². The fourth-order valence-electron chi connectivity index (χ4n) is 3.24. The summed E-state index contributed by atoms with van der Waals surface area (Å²) < 4.78 is 105. The molecule has 0 heterocycles. The average molecular weight is 468 g/mol. The first kappa shape index (κ1) is 23.9. The lowest BCUT2D eigenvalue weighted by Crippen LogP contribution is -2.25. The summed E-state index contributed by atoms with van der Waals surface area (Å²) in [5.41, 5.74) is -4.47. The zero-order valence-electron chi connectivity index (χ0n) is 16.8. The quantitative estimate of drug-likeness (QED) is 0.361. The Hall–Kier alpha value is -3.74. The van der Waals surface area contributed by atoms with Crippen LogP contribution >= 0.6 is 0 Å². The summed E-state index contributed by atoms with van der Waals surface area (Å²) in [6, 6.07) is 5.01. The lowest BCUT2D eigenvalue weighted by Gasteiger charge is -2.21. The molecule has 0 atom stereocenters. The number of hydrogen-bond acceptors (Lipinski definition) is 2. The van der Waals surface area contributed by atoms with E-state index in [1.165, 1.54) is 12.1 Å². The number of benzene rings is 3. The van der Waals surface area contributed by atoms with Crippen LogP contribution in [0.1, 0.15) is 30.0 Å². The van der Waals surface area contributed by atoms with Crippen molar-refractivity contribution in [2.45, 2.75) is 25.9 Å². The summed E-state index contributed by atoms with van der Waals surface area (Å²) in [6.45, 7) is 1.82. The Balaban J connectivity index is 2.12. The SMILES string of the molecule is CCCc1ccc(-c2c([O])cc(F)c(C(F)(F)Oc3cc(F)c(C#N)c(F)c3)c2F)c(F)c1. The third kappa shape index (κ3) is 4.58. The van der Waals surface area contributed by atoms with Gasteiger partial charge >= 0.3 is 6.11 Å². The van der Waals surface area contributed by atoms with Gasteiger partial charge in [-0.05, 0) is 18.1 Å². The lowest BCUT2D eigenvalue weighted by molar-refractivity contribution is -0.189. The Kier molecular flexibility index (Phi) is 6.53. The van der Waals surface area contributed by atoms with E-state index in [9.17, 15) is 31.4 Å². The summed E-state index contributed by atoms with van der Waals surface area (Å²) in [6.07, 6.45) is -3.76. The van der Waals surface area contributed by atoms with Gasteiger partial charge in [-0.2, -0.15) is 14.0 Å². The molecule has 10 heteroatoms. The molecule has 3 aromatic rings. The van der Waals surface area contributed by atoms with Gasteiger partial charge in [0.1, 0.15) is 46.2 Å². The zero-order valence-corrected chi connectivity index (χ0v) is 16.8. The molecule has 0 aliphatic heterocycles. The van der Waals surface area contributed by atoms with Gasteiger partial charge in [0.25, 0.3) is 0 Å². The number of nitrogens with zero attached hydrogens (tertiary/aromatic N) is 1. The van der Waals surface area contributed by atoms with Crippen LogP contribution in [0.15, 0.2) is 36.4 Å². The first-order chi connectivity index (χ1) is 15.5. The summed E-state index contributed by atoms with van der Waals surface area (Å²) >= 11 is 0. The van der Waals surface area contributed by atoms with Gasteiger partial charge in [-0.3, -0.25) is 5.11 Å². The standard InChI is InChI=1S/C23H13F7NO2/c1-2-3-11-4-5-13(15(24)6-11)20-19(32)9-18(27)21(22(20)28)23(29,30)33-12-7-16(25)14(10-31)17(26)8-12/h4-9H,2-3H2,1H3. The maximum Gasteiger partial charge on any atom is 0.432 e. The average Bonchev–Trinajstić information content (AvgIpc) is 2.68. The zero-order chi connectivity index (χ0) is 24.5. The van der Waals surface area contributed by atoms with Crippen LogP contribution in [-0.4, -0.2) is 0 Å². The van der Waals surface area contributed by atoms with Crippen molar-refractivity contribution in [3.05, 3.63) is 82.2 Å². The Labute approximate surface area is 183 Å². The molecule has 171 valence electrons. The van der Waals surface area contributed by atoms with Gasteiger partial charge in [0.05, 0.1) is 5.56 Å². The van der Waals surface area contributed by atoms with E-state index in [4.69, 9.17) is 5.26 Å². The second-order valence-electron chi connectivity index (χ2n) is 6.98. The smallest absolute Gasteiger partial charge is 0.429 e. The Morgan fingerprint density at radius 1 is 0.939 bits per heavy atom. The highest BCUT2D eigenvalue weighted by atomic mass is 19.3. The number of aryl methyl sites for hydroxylation is 1. The van der Waals surface area contributed by atoms with Crippen molar-refractivity contribution in [1.82, 2.24) is 0 Å². The molecular formula is C23H13F7NO2. The van der Waals surface area contributed by atoms with Crippen LogP contribution in [0.25, 0.3) is 11.1 Å². The lowest BCUT2D eigenvalue weighted by atomic mass is 9.97. The molecule has 0 bridgehead atoms. The molecule has 0 fully saturated rings. The van der Waals surface area contributed by atoms with Crippen LogP contribution in [0.2, 0.25) is 0 Å². The van der Waals surface area contributed by atoms with Gasteiger partial charge in [0.2, 0.25) is 0 Å². The van der Waals surface area contributed by atoms with Crippen LogP contribution in [0.4, 0.5) is 30.7 Å². The second kappa shape index (κ2) is 9.02. The Bertz CT molecular complexity index is 1250. The molecule has 0 aromatic heterocycles. The van der Waals surface area contributed by atoms with Gasteiger partial charge in [-0.15, -0.1) is 0 Å². The maximum absolute atomic E-state index is 15.0. The molecule has 0 amide bonds. The topological polar surface area (TPSA) is 52.9 Å². The van der Waals surface area contributed by atoms with E-state index >= 15 is 4.39 Å². The molecule has 3 aromatic carbocycles. The largest absolute Gasteiger partial charge is 0.432 e. The molecule has 3 nitrogen and oxygen atoms in total. The first-order valence-electron chi connectivity index (χ1n) is 9.44. The van der Waals surface area contributed by atoms with Crippen molar-refractivity contribution in [3.63, 3.8) is 0 Å². The molecule has 1 radical (unpaired) electrons. The second-order valence-corrected chi connectivity index (χ2v) is 6.98. The summed E-state index contributed by atoms with van der Waals surface area (Å²) in [7, 11) is 0. The summed E-state index contributed by atoms with van der Waals surface area (Å²) in [5.74, 6) is -10.9. The molecule has 0 saturated heterocycles. The van der Waals surface area contributed by atoms with Gasteiger partial charge in [0, 0.05) is 23.8 Å². The molecule has 0 aliphatic rings. The van der Waals surface area contributed by atoms with Crippen LogP contribution in [0.5, 0.6) is 11.5 Å². The third-order valence-electron chi connectivity index (χ3n) is 4.69. The van der Waals surface area contributed by atoms with Crippen LogP contribution in [0.3, 0.4) is 0 Å². The van der Waals surface area contributed by atoms with Crippen LogP contribution in [-0.2, 0) is 17.6 Å². The van der Waals surface area contributed by atoms with Crippen molar-refractivity contribution in [3.8, 4) is 28.7 Å². The number of halogens is 7. The Morgan fingerprint density at radius 2 is 1.58 bits per heavy atom. The van der Waals surface area contributed by atoms with E-state index in [2.05, 4.69) is 4.74 Å². The van der Waals surface area contributed by atoms with Crippen molar-refractivity contribution in [2.75, 3.05) is 0 Å². The molecule has 0 unspecified atom stereocenters. The minimum atomic E-state index is -4.87. The van der Waals surface area contributed by atoms with Crippen molar-refractivity contribution >= 4 is 0 Å². The van der Waals surface area contributed by atoms with Crippen molar-refractivity contribution < 1.29 is 40.6 Å². The number of alkyl halides is 2. The highest BCUT2D eigenvalue weighted by molar-refractivity contribution is 5.72. The maximum atomic E-state index is 15.0. The van der Waals surface area contributed by atoms with Crippen molar-refractivity contribution in [1.29, 1.82) is 5.26 Å². The van der Waals surface area contributed by atoms with E-state index in [0.717, 1.165) is 12.1 Å². The predicted molar refractivity (Wildman–Crippen MR) is 101 cm³/mol. The Morgan fingerprint density at radius 3 is 2.12 bits per heavy atom. The highest BCUT2D eigenvalue weighted by Crippen LogP contribution is 2.43. The summed E-state index contributed by atoms with van der Waals surface area (Å²) in [4.78, 5) is 0.